The van der Waals surface area contributed by atoms with Gasteiger partial charge in [0, 0.05) is 29.9 Å². The maximum absolute atomic E-state index is 12.6. The first-order chi connectivity index (χ1) is 9.16. The smallest absolute Gasteiger partial charge is 0.255 e. The molecule has 3 heteroatoms. The van der Waals surface area contributed by atoms with Crippen LogP contribution in [0.3, 0.4) is 0 Å². The van der Waals surface area contributed by atoms with Crippen molar-refractivity contribution in [3.05, 3.63) is 33.2 Å². The fourth-order valence-corrected chi connectivity index (χ4v) is 3.32. The zero-order valence-corrected chi connectivity index (χ0v) is 12.0. The van der Waals surface area contributed by atoms with E-state index in [4.69, 9.17) is 0 Å². The molecule has 0 saturated heterocycles. The van der Waals surface area contributed by atoms with Crippen LogP contribution in [0.1, 0.15) is 61.4 Å². The van der Waals surface area contributed by atoms with E-state index in [1.165, 1.54) is 38.5 Å². The van der Waals surface area contributed by atoms with Crippen LogP contribution in [0.5, 0.6) is 0 Å². The van der Waals surface area contributed by atoms with E-state index in [1.807, 2.05) is 4.57 Å². The van der Waals surface area contributed by atoms with Crippen LogP contribution in [-0.2, 0) is 6.54 Å². The Morgan fingerprint density at radius 1 is 1.21 bits per heavy atom. The highest BCUT2D eigenvalue weighted by molar-refractivity contribution is 5.27. The zero-order chi connectivity index (χ0) is 13.4. The molecule has 3 rings (SSSR count). The van der Waals surface area contributed by atoms with Crippen LogP contribution in [0.2, 0.25) is 0 Å². The van der Waals surface area contributed by atoms with E-state index < -0.39 is 0 Å². The van der Waals surface area contributed by atoms with Gasteiger partial charge in [0.1, 0.15) is 0 Å². The number of pyridine rings is 1. The molecule has 2 fully saturated rings. The van der Waals surface area contributed by atoms with Gasteiger partial charge in [-0.05, 0) is 51.2 Å². The van der Waals surface area contributed by atoms with Gasteiger partial charge in [-0.1, -0.05) is 12.8 Å². The Morgan fingerprint density at radius 3 is 2.53 bits per heavy atom. The fourth-order valence-electron chi connectivity index (χ4n) is 3.32. The molecule has 0 spiro atoms. The van der Waals surface area contributed by atoms with Crippen molar-refractivity contribution in [3.8, 4) is 0 Å². The Balaban J connectivity index is 1.83. The molecule has 0 amide bonds. The van der Waals surface area contributed by atoms with Gasteiger partial charge in [0.05, 0.1) is 0 Å². The van der Waals surface area contributed by atoms with Crippen molar-refractivity contribution < 1.29 is 0 Å². The third-order valence-electron chi connectivity index (χ3n) is 4.59. The summed E-state index contributed by atoms with van der Waals surface area (Å²) in [7, 11) is 0. The van der Waals surface area contributed by atoms with E-state index in [0.29, 0.717) is 12.1 Å². The summed E-state index contributed by atoms with van der Waals surface area (Å²) in [5.74, 6) is 0. The van der Waals surface area contributed by atoms with Crippen molar-refractivity contribution in [2.24, 2.45) is 0 Å². The highest BCUT2D eigenvalue weighted by atomic mass is 16.1. The standard InChI is InChI=1S/C16H24N2O/c1-11-9-12(2)18(14-7-8-14)16(19)15(11)10-17-13-5-3-4-6-13/h9,13-14,17H,3-8,10H2,1-2H3. The normalized spacial score (nSPS) is 20.1. The third-order valence-corrected chi connectivity index (χ3v) is 4.59. The Hall–Kier alpha value is -1.09. The van der Waals surface area contributed by atoms with E-state index in [1.54, 1.807) is 0 Å². The van der Waals surface area contributed by atoms with Crippen molar-refractivity contribution in [1.82, 2.24) is 9.88 Å². The van der Waals surface area contributed by atoms with Crippen molar-refractivity contribution in [3.63, 3.8) is 0 Å². The molecule has 2 aliphatic rings. The molecule has 2 saturated carbocycles. The van der Waals surface area contributed by atoms with Crippen molar-refractivity contribution in [2.75, 3.05) is 0 Å². The number of hydrogen-bond donors (Lipinski definition) is 1. The molecule has 2 aliphatic carbocycles. The van der Waals surface area contributed by atoms with Crippen molar-refractivity contribution in [1.29, 1.82) is 0 Å². The number of aromatic nitrogens is 1. The van der Waals surface area contributed by atoms with Gasteiger partial charge < -0.3 is 9.88 Å². The van der Waals surface area contributed by atoms with Gasteiger partial charge in [-0.15, -0.1) is 0 Å². The van der Waals surface area contributed by atoms with E-state index in [0.717, 1.165) is 23.4 Å². The molecular weight excluding hydrogens is 236 g/mol. The Kier molecular flexibility index (Phi) is 3.48. The molecule has 104 valence electrons. The third kappa shape index (κ3) is 2.62. The summed E-state index contributed by atoms with van der Waals surface area (Å²) in [4.78, 5) is 12.6. The second kappa shape index (κ2) is 5.12. The van der Waals surface area contributed by atoms with Gasteiger partial charge in [-0.3, -0.25) is 4.79 Å². The predicted octanol–water partition coefficient (Wildman–Crippen LogP) is 2.83. The molecule has 19 heavy (non-hydrogen) atoms. The zero-order valence-electron chi connectivity index (χ0n) is 12.0. The van der Waals surface area contributed by atoms with Gasteiger partial charge in [0.2, 0.25) is 0 Å². The maximum atomic E-state index is 12.6. The summed E-state index contributed by atoms with van der Waals surface area (Å²) < 4.78 is 2.01. The maximum Gasteiger partial charge on any atom is 0.255 e. The lowest BCUT2D eigenvalue weighted by Crippen LogP contribution is -2.32. The van der Waals surface area contributed by atoms with Crippen LogP contribution in [0.15, 0.2) is 10.9 Å². The molecule has 0 aromatic carbocycles. The van der Waals surface area contributed by atoms with Gasteiger partial charge in [-0.2, -0.15) is 0 Å². The molecule has 0 bridgehead atoms. The second-order valence-electron chi connectivity index (χ2n) is 6.22. The molecule has 0 unspecified atom stereocenters. The Morgan fingerprint density at radius 2 is 1.89 bits per heavy atom. The molecule has 1 heterocycles. The van der Waals surface area contributed by atoms with Gasteiger partial charge in [0.15, 0.2) is 0 Å². The summed E-state index contributed by atoms with van der Waals surface area (Å²) in [6.45, 7) is 4.86. The average Bonchev–Trinajstić information content (AvgIpc) is 3.04. The summed E-state index contributed by atoms with van der Waals surface area (Å²) in [6, 6.07) is 3.26. The number of hydrogen-bond acceptors (Lipinski definition) is 2. The summed E-state index contributed by atoms with van der Waals surface area (Å²) in [5, 5.41) is 3.57. The number of rotatable bonds is 4. The first-order valence-electron chi connectivity index (χ1n) is 7.62. The van der Waals surface area contributed by atoms with Crippen LogP contribution >= 0.6 is 0 Å². The number of nitrogens with one attached hydrogen (secondary N) is 1. The lowest BCUT2D eigenvalue weighted by Gasteiger charge is -2.16. The lowest BCUT2D eigenvalue weighted by molar-refractivity contribution is 0.517. The highest BCUT2D eigenvalue weighted by Crippen LogP contribution is 2.34. The van der Waals surface area contributed by atoms with Crippen LogP contribution in [-0.4, -0.2) is 10.6 Å². The van der Waals surface area contributed by atoms with Gasteiger partial charge >= 0.3 is 0 Å². The lowest BCUT2D eigenvalue weighted by atomic mass is 10.1. The van der Waals surface area contributed by atoms with Crippen LogP contribution in [0.4, 0.5) is 0 Å². The van der Waals surface area contributed by atoms with Gasteiger partial charge in [-0.25, -0.2) is 0 Å². The van der Waals surface area contributed by atoms with E-state index in [2.05, 4.69) is 25.2 Å². The quantitative estimate of drug-likeness (QED) is 0.903. The van der Waals surface area contributed by atoms with E-state index >= 15 is 0 Å². The molecule has 0 aliphatic heterocycles. The molecule has 1 N–H and O–H groups in total. The largest absolute Gasteiger partial charge is 0.310 e. The topological polar surface area (TPSA) is 34.0 Å². The van der Waals surface area contributed by atoms with Crippen LogP contribution in [0.25, 0.3) is 0 Å². The minimum Gasteiger partial charge on any atom is -0.310 e. The first-order valence-corrected chi connectivity index (χ1v) is 7.62. The second-order valence-corrected chi connectivity index (χ2v) is 6.22. The minimum absolute atomic E-state index is 0.241. The van der Waals surface area contributed by atoms with Gasteiger partial charge in [0.25, 0.3) is 5.56 Å². The monoisotopic (exact) mass is 260 g/mol. The van der Waals surface area contributed by atoms with Crippen LogP contribution < -0.4 is 10.9 Å². The molecule has 0 radical (unpaired) electrons. The molecule has 1 aromatic heterocycles. The number of nitrogens with zero attached hydrogens (tertiary/aromatic N) is 1. The van der Waals surface area contributed by atoms with Crippen molar-refractivity contribution in [2.45, 2.75) is 71.0 Å². The van der Waals surface area contributed by atoms with Crippen LogP contribution in [0, 0.1) is 13.8 Å². The minimum atomic E-state index is 0.241. The summed E-state index contributed by atoms with van der Waals surface area (Å²) in [6.07, 6.45) is 7.52. The van der Waals surface area contributed by atoms with E-state index in [9.17, 15) is 4.79 Å². The summed E-state index contributed by atoms with van der Waals surface area (Å²) >= 11 is 0. The first kappa shape index (κ1) is 12.9. The predicted molar refractivity (Wildman–Crippen MR) is 77.5 cm³/mol. The molecule has 1 aromatic rings. The summed E-state index contributed by atoms with van der Waals surface area (Å²) in [5.41, 5.74) is 3.48. The SMILES string of the molecule is Cc1cc(C)n(C2CC2)c(=O)c1CNC1CCCC1. The average molecular weight is 260 g/mol. The fraction of sp³-hybridized carbons (Fsp3) is 0.688. The Bertz CT molecular complexity index is 522. The molecule has 3 nitrogen and oxygen atoms in total. The molecule has 0 atom stereocenters. The highest BCUT2D eigenvalue weighted by Gasteiger charge is 2.27. The Labute approximate surface area is 115 Å². The molecular formula is C16H24N2O. The number of aryl methyl sites for hydroxylation is 2. The van der Waals surface area contributed by atoms with Crippen molar-refractivity contribution >= 4 is 0 Å². The van der Waals surface area contributed by atoms with E-state index in [-0.39, 0.29) is 5.56 Å².